The second-order valence-corrected chi connectivity index (χ2v) is 5.23. The molecule has 0 spiro atoms. The first kappa shape index (κ1) is 13.2. The molecule has 0 fully saturated rings. The predicted molar refractivity (Wildman–Crippen MR) is 76.3 cm³/mol. The number of hydrogen-bond acceptors (Lipinski definition) is 1. The lowest BCUT2D eigenvalue weighted by Gasteiger charge is -2.09. The van der Waals surface area contributed by atoms with E-state index in [0.29, 0.717) is 0 Å². The zero-order valence-corrected chi connectivity index (χ0v) is 11.4. The van der Waals surface area contributed by atoms with Gasteiger partial charge in [0.25, 0.3) is 0 Å². The zero-order chi connectivity index (χ0) is 13.0. The third-order valence-corrected chi connectivity index (χ3v) is 3.68. The van der Waals surface area contributed by atoms with E-state index in [9.17, 15) is 4.79 Å². The van der Waals surface area contributed by atoms with E-state index in [-0.39, 0.29) is 11.1 Å². The number of unbranched alkanes of at least 4 members (excludes halogenated alkanes) is 3. The zero-order valence-electron chi connectivity index (χ0n) is 10.6. The van der Waals surface area contributed by atoms with Gasteiger partial charge in [-0.15, -0.1) is 11.6 Å². The van der Waals surface area contributed by atoms with Crippen molar-refractivity contribution in [2.24, 2.45) is 0 Å². The molecule has 0 radical (unpaired) electrons. The number of fused-ring (bicyclic) bond motifs is 1. The fourth-order valence-electron chi connectivity index (χ4n) is 2.16. The van der Waals surface area contributed by atoms with E-state index in [0.717, 1.165) is 29.4 Å². The normalized spacial score (nSPS) is 13.0. The van der Waals surface area contributed by atoms with Gasteiger partial charge in [0, 0.05) is 0 Å². The van der Waals surface area contributed by atoms with E-state index >= 15 is 0 Å². The first-order chi connectivity index (χ1) is 8.70. The Hall–Kier alpha value is -1.22. The van der Waals surface area contributed by atoms with Crippen molar-refractivity contribution in [3.8, 4) is 0 Å². The quantitative estimate of drug-likeness (QED) is 0.600. The Bertz CT molecular complexity index is 558. The summed E-state index contributed by atoms with van der Waals surface area (Å²) < 4.78 is 0. The number of aromatic amines is 2. The first-order valence-electron chi connectivity index (χ1n) is 6.56. The highest BCUT2D eigenvalue weighted by atomic mass is 35.5. The van der Waals surface area contributed by atoms with E-state index in [2.05, 4.69) is 16.9 Å². The Morgan fingerprint density at radius 1 is 1.17 bits per heavy atom. The minimum absolute atomic E-state index is 0.0321. The van der Waals surface area contributed by atoms with Gasteiger partial charge < -0.3 is 9.97 Å². The SMILES string of the molecule is CCCCCCC(Cl)c1ccc2[nH]c(=O)[nH]c2c1. The molecule has 2 aromatic rings. The van der Waals surface area contributed by atoms with E-state index in [1.54, 1.807) is 0 Å². The van der Waals surface area contributed by atoms with Gasteiger partial charge >= 0.3 is 5.69 Å². The predicted octanol–water partition coefficient (Wildman–Crippen LogP) is 4.11. The molecule has 2 N–H and O–H groups in total. The Labute approximate surface area is 112 Å². The Morgan fingerprint density at radius 3 is 2.72 bits per heavy atom. The Morgan fingerprint density at radius 2 is 1.94 bits per heavy atom. The molecule has 0 aliphatic carbocycles. The fraction of sp³-hybridized carbons (Fsp3) is 0.500. The number of benzene rings is 1. The monoisotopic (exact) mass is 266 g/mol. The number of rotatable bonds is 6. The standard InChI is InChI=1S/C14H19ClN2O/c1-2-3-4-5-6-11(15)10-7-8-12-13(9-10)17-14(18)16-12/h7-9,11H,2-6H2,1H3,(H2,16,17,18). The second kappa shape index (κ2) is 6.10. The highest BCUT2D eigenvalue weighted by Crippen LogP contribution is 2.28. The summed E-state index contributed by atoms with van der Waals surface area (Å²) in [5.41, 5.74) is 2.57. The van der Waals surface area contributed by atoms with Crippen LogP contribution >= 0.6 is 11.6 Å². The summed E-state index contributed by atoms with van der Waals surface area (Å²) in [4.78, 5) is 16.7. The van der Waals surface area contributed by atoms with Gasteiger partial charge in [0.2, 0.25) is 0 Å². The Balaban J connectivity index is 2.03. The van der Waals surface area contributed by atoms with Crippen molar-refractivity contribution >= 4 is 22.6 Å². The minimum Gasteiger partial charge on any atom is -0.306 e. The number of alkyl halides is 1. The summed E-state index contributed by atoms with van der Waals surface area (Å²) in [5.74, 6) is 0. The lowest BCUT2D eigenvalue weighted by Crippen LogP contribution is -1.99. The first-order valence-corrected chi connectivity index (χ1v) is 7.00. The average molecular weight is 267 g/mol. The summed E-state index contributed by atoms with van der Waals surface area (Å²) in [6, 6.07) is 5.86. The average Bonchev–Trinajstić information content (AvgIpc) is 2.73. The van der Waals surface area contributed by atoms with Gasteiger partial charge in [0.1, 0.15) is 0 Å². The van der Waals surface area contributed by atoms with Gasteiger partial charge in [-0.2, -0.15) is 0 Å². The van der Waals surface area contributed by atoms with Crippen molar-refractivity contribution in [2.75, 3.05) is 0 Å². The third-order valence-electron chi connectivity index (χ3n) is 3.21. The lowest BCUT2D eigenvalue weighted by molar-refractivity contribution is 0.624. The van der Waals surface area contributed by atoms with Gasteiger partial charge in [-0.3, -0.25) is 0 Å². The Kier molecular flexibility index (Phi) is 4.48. The molecule has 0 bridgehead atoms. The van der Waals surface area contributed by atoms with Gasteiger partial charge in [0.15, 0.2) is 0 Å². The number of aromatic nitrogens is 2. The van der Waals surface area contributed by atoms with Crippen LogP contribution in [0, 0.1) is 0 Å². The largest absolute Gasteiger partial charge is 0.323 e. The number of imidazole rings is 1. The molecule has 1 unspecified atom stereocenters. The van der Waals surface area contributed by atoms with Crippen LogP contribution in [0.2, 0.25) is 0 Å². The molecule has 0 saturated carbocycles. The molecular weight excluding hydrogens is 248 g/mol. The van der Waals surface area contributed by atoms with Gasteiger partial charge in [0.05, 0.1) is 16.4 Å². The van der Waals surface area contributed by atoms with E-state index in [1.165, 1.54) is 19.3 Å². The molecule has 0 aliphatic heterocycles. The molecule has 18 heavy (non-hydrogen) atoms. The molecule has 1 heterocycles. The van der Waals surface area contributed by atoms with Crippen LogP contribution in [0.3, 0.4) is 0 Å². The van der Waals surface area contributed by atoms with Gasteiger partial charge in [-0.05, 0) is 24.1 Å². The highest BCUT2D eigenvalue weighted by Gasteiger charge is 2.09. The molecule has 4 heteroatoms. The molecule has 1 atom stereocenters. The van der Waals surface area contributed by atoms with Gasteiger partial charge in [-0.25, -0.2) is 4.79 Å². The molecule has 1 aromatic heterocycles. The maximum atomic E-state index is 11.2. The third kappa shape index (κ3) is 3.16. The molecule has 3 nitrogen and oxygen atoms in total. The second-order valence-electron chi connectivity index (χ2n) is 4.70. The van der Waals surface area contributed by atoms with E-state index < -0.39 is 0 Å². The van der Waals surface area contributed by atoms with Crippen molar-refractivity contribution in [2.45, 2.75) is 44.4 Å². The molecular formula is C14H19ClN2O. The fourth-order valence-corrected chi connectivity index (χ4v) is 2.45. The van der Waals surface area contributed by atoms with Crippen molar-refractivity contribution in [3.63, 3.8) is 0 Å². The maximum absolute atomic E-state index is 11.2. The van der Waals surface area contributed by atoms with Crippen molar-refractivity contribution in [1.29, 1.82) is 0 Å². The highest BCUT2D eigenvalue weighted by molar-refractivity contribution is 6.20. The maximum Gasteiger partial charge on any atom is 0.323 e. The van der Waals surface area contributed by atoms with Crippen molar-refractivity contribution in [1.82, 2.24) is 9.97 Å². The molecule has 98 valence electrons. The number of halogens is 1. The number of nitrogens with one attached hydrogen (secondary N) is 2. The van der Waals surface area contributed by atoms with Crippen LogP contribution in [0.4, 0.5) is 0 Å². The molecule has 0 amide bonds. The molecule has 0 saturated heterocycles. The van der Waals surface area contributed by atoms with Crippen LogP contribution in [0.25, 0.3) is 11.0 Å². The van der Waals surface area contributed by atoms with Crippen molar-refractivity contribution in [3.05, 3.63) is 34.2 Å². The van der Waals surface area contributed by atoms with Crippen LogP contribution in [0.15, 0.2) is 23.0 Å². The topological polar surface area (TPSA) is 48.6 Å². The summed E-state index contributed by atoms with van der Waals surface area (Å²) in [5, 5.41) is 0.0321. The minimum atomic E-state index is -0.170. The van der Waals surface area contributed by atoms with Crippen LogP contribution in [-0.4, -0.2) is 9.97 Å². The van der Waals surface area contributed by atoms with Crippen LogP contribution in [0.1, 0.15) is 50.0 Å². The van der Waals surface area contributed by atoms with Gasteiger partial charge in [-0.1, -0.05) is 38.7 Å². The van der Waals surface area contributed by atoms with Crippen LogP contribution < -0.4 is 5.69 Å². The van der Waals surface area contributed by atoms with Crippen LogP contribution in [0.5, 0.6) is 0 Å². The number of H-pyrrole nitrogens is 2. The van der Waals surface area contributed by atoms with E-state index in [4.69, 9.17) is 11.6 Å². The van der Waals surface area contributed by atoms with E-state index in [1.807, 2.05) is 18.2 Å². The molecule has 2 rings (SSSR count). The molecule has 1 aromatic carbocycles. The number of hydrogen-bond donors (Lipinski definition) is 2. The smallest absolute Gasteiger partial charge is 0.306 e. The summed E-state index contributed by atoms with van der Waals surface area (Å²) in [6.45, 7) is 2.20. The van der Waals surface area contributed by atoms with Crippen LogP contribution in [-0.2, 0) is 0 Å². The molecule has 0 aliphatic rings. The summed E-state index contributed by atoms with van der Waals surface area (Å²) in [7, 11) is 0. The summed E-state index contributed by atoms with van der Waals surface area (Å²) >= 11 is 6.39. The summed E-state index contributed by atoms with van der Waals surface area (Å²) in [6.07, 6.45) is 5.89. The lowest BCUT2D eigenvalue weighted by atomic mass is 10.0. The van der Waals surface area contributed by atoms with Crippen molar-refractivity contribution < 1.29 is 0 Å².